The SMILES string of the molecule is CCCC(NCC(=O)N(C)CC)c1ccccc1. The molecule has 0 aliphatic heterocycles. The van der Waals surface area contributed by atoms with E-state index >= 15 is 0 Å². The maximum Gasteiger partial charge on any atom is 0.236 e. The molecule has 1 amide bonds. The van der Waals surface area contributed by atoms with Crippen molar-refractivity contribution in [1.82, 2.24) is 10.2 Å². The van der Waals surface area contributed by atoms with Crippen LogP contribution in [0.3, 0.4) is 0 Å². The van der Waals surface area contributed by atoms with Gasteiger partial charge in [0.25, 0.3) is 0 Å². The second-order valence-electron chi connectivity index (χ2n) is 4.54. The lowest BCUT2D eigenvalue weighted by atomic mass is 10.0. The summed E-state index contributed by atoms with van der Waals surface area (Å²) in [7, 11) is 1.83. The number of hydrogen-bond donors (Lipinski definition) is 1. The van der Waals surface area contributed by atoms with E-state index in [0.29, 0.717) is 6.54 Å². The molecule has 0 heterocycles. The third kappa shape index (κ3) is 4.49. The van der Waals surface area contributed by atoms with E-state index in [-0.39, 0.29) is 11.9 Å². The summed E-state index contributed by atoms with van der Waals surface area (Å²) >= 11 is 0. The maximum absolute atomic E-state index is 11.8. The van der Waals surface area contributed by atoms with Gasteiger partial charge in [0.15, 0.2) is 0 Å². The van der Waals surface area contributed by atoms with Crippen LogP contribution in [0.5, 0.6) is 0 Å². The maximum atomic E-state index is 11.8. The molecule has 0 saturated heterocycles. The average Bonchev–Trinajstić information content (AvgIpc) is 2.43. The number of nitrogens with one attached hydrogen (secondary N) is 1. The van der Waals surface area contributed by atoms with Gasteiger partial charge in [-0.2, -0.15) is 0 Å². The molecule has 0 radical (unpaired) electrons. The third-order valence-corrected chi connectivity index (χ3v) is 3.18. The van der Waals surface area contributed by atoms with Crippen molar-refractivity contribution >= 4 is 5.91 Å². The van der Waals surface area contributed by atoms with Crippen LogP contribution in [0.2, 0.25) is 0 Å². The molecule has 1 N–H and O–H groups in total. The van der Waals surface area contributed by atoms with Crippen LogP contribution in [0.25, 0.3) is 0 Å². The van der Waals surface area contributed by atoms with Crippen molar-refractivity contribution < 1.29 is 4.79 Å². The van der Waals surface area contributed by atoms with Crippen molar-refractivity contribution in [2.45, 2.75) is 32.7 Å². The zero-order valence-electron chi connectivity index (χ0n) is 11.6. The first-order valence-corrected chi connectivity index (χ1v) is 6.71. The molecule has 100 valence electrons. The summed E-state index contributed by atoms with van der Waals surface area (Å²) < 4.78 is 0. The van der Waals surface area contributed by atoms with Gasteiger partial charge < -0.3 is 10.2 Å². The van der Waals surface area contributed by atoms with Gasteiger partial charge in [-0.25, -0.2) is 0 Å². The van der Waals surface area contributed by atoms with Crippen LogP contribution in [-0.4, -0.2) is 30.9 Å². The second-order valence-corrected chi connectivity index (χ2v) is 4.54. The highest BCUT2D eigenvalue weighted by atomic mass is 16.2. The Bertz CT molecular complexity index is 351. The molecule has 0 fully saturated rings. The van der Waals surface area contributed by atoms with E-state index in [1.807, 2.05) is 32.2 Å². The quantitative estimate of drug-likeness (QED) is 0.804. The van der Waals surface area contributed by atoms with Gasteiger partial charge >= 0.3 is 0 Å². The number of rotatable bonds is 7. The number of hydrogen-bond acceptors (Lipinski definition) is 2. The molecule has 0 spiro atoms. The Hall–Kier alpha value is -1.35. The van der Waals surface area contributed by atoms with Crippen LogP contribution >= 0.6 is 0 Å². The van der Waals surface area contributed by atoms with Gasteiger partial charge in [0.05, 0.1) is 6.54 Å². The van der Waals surface area contributed by atoms with E-state index < -0.39 is 0 Å². The normalized spacial score (nSPS) is 12.2. The predicted octanol–water partition coefficient (Wildman–Crippen LogP) is 2.60. The van der Waals surface area contributed by atoms with E-state index in [2.05, 4.69) is 24.4 Å². The Morgan fingerprint density at radius 1 is 1.28 bits per heavy atom. The number of amides is 1. The highest BCUT2D eigenvalue weighted by Gasteiger charge is 2.12. The van der Waals surface area contributed by atoms with Gasteiger partial charge in [0.1, 0.15) is 0 Å². The molecule has 1 unspecified atom stereocenters. The zero-order chi connectivity index (χ0) is 13.4. The first kappa shape index (κ1) is 14.7. The van der Waals surface area contributed by atoms with Crippen LogP contribution in [-0.2, 0) is 4.79 Å². The van der Waals surface area contributed by atoms with Crippen molar-refractivity contribution in [2.75, 3.05) is 20.1 Å². The molecule has 0 aliphatic rings. The van der Waals surface area contributed by atoms with E-state index in [1.54, 1.807) is 4.90 Å². The van der Waals surface area contributed by atoms with Gasteiger partial charge in [-0.05, 0) is 18.9 Å². The topological polar surface area (TPSA) is 32.3 Å². The number of carbonyl (C=O) groups excluding carboxylic acids is 1. The van der Waals surface area contributed by atoms with Gasteiger partial charge in [0, 0.05) is 19.6 Å². The third-order valence-electron chi connectivity index (χ3n) is 3.18. The minimum atomic E-state index is 0.148. The molecule has 0 saturated carbocycles. The van der Waals surface area contributed by atoms with Gasteiger partial charge in [-0.3, -0.25) is 4.79 Å². The largest absolute Gasteiger partial charge is 0.345 e. The van der Waals surface area contributed by atoms with Crippen molar-refractivity contribution in [2.24, 2.45) is 0 Å². The van der Waals surface area contributed by atoms with Gasteiger partial charge in [0.2, 0.25) is 5.91 Å². The first-order chi connectivity index (χ1) is 8.69. The number of carbonyl (C=O) groups is 1. The van der Waals surface area contributed by atoms with E-state index in [0.717, 1.165) is 19.4 Å². The highest BCUT2D eigenvalue weighted by Crippen LogP contribution is 2.17. The van der Waals surface area contributed by atoms with Crippen molar-refractivity contribution in [3.63, 3.8) is 0 Å². The molecule has 0 bridgehead atoms. The zero-order valence-corrected chi connectivity index (χ0v) is 11.6. The summed E-state index contributed by atoms with van der Waals surface area (Å²) in [5.41, 5.74) is 1.26. The molecular formula is C15H24N2O. The molecule has 0 aromatic heterocycles. The molecule has 1 atom stereocenters. The number of nitrogens with zero attached hydrogens (tertiary/aromatic N) is 1. The van der Waals surface area contributed by atoms with E-state index in [4.69, 9.17) is 0 Å². The summed E-state index contributed by atoms with van der Waals surface area (Å²) in [6.07, 6.45) is 2.15. The smallest absolute Gasteiger partial charge is 0.236 e. The van der Waals surface area contributed by atoms with Crippen molar-refractivity contribution in [1.29, 1.82) is 0 Å². The summed E-state index contributed by atoms with van der Waals surface area (Å²) in [6, 6.07) is 10.6. The van der Waals surface area contributed by atoms with Crippen LogP contribution in [0.15, 0.2) is 30.3 Å². The minimum absolute atomic E-state index is 0.148. The van der Waals surface area contributed by atoms with Crippen LogP contribution < -0.4 is 5.32 Å². The van der Waals surface area contributed by atoms with Crippen molar-refractivity contribution in [3.05, 3.63) is 35.9 Å². The van der Waals surface area contributed by atoms with Crippen LogP contribution in [0, 0.1) is 0 Å². The lowest BCUT2D eigenvalue weighted by molar-refractivity contribution is -0.128. The fourth-order valence-electron chi connectivity index (χ4n) is 1.88. The molecule has 1 aromatic carbocycles. The Balaban J connectivity index is 2.56. The fraction of sp³-hybridized carbons (Fsp3) is 0.533. The molecule has 18 heavy (non-hydrogen) atoms. The van der Waals surface area contributed by atoms with E-state index in [9.17, 15) is 4.79 Å². The summed E-state index contributed by atoms with van der Waals surface area (Å²) in [5.74, 6) is 0.148. The molecule has 3 nitrogen and oxygen atoms in total. The Morgan fingerprint density at radius 3 is 2.50 bits per heavy atom. The summed E-state index contributed by atoms with van der Waals surface area (Å²) in [4.78, 5) is 13.5. The summed E-state index contributed by atoms with van der Waals surface area (Å²) in [6.45, 7) is 5.31. The average molecular weight is 248 g/mol. The van der Waals surface area contributed by atoms with Crippen LogP contribution in [0.4, 0.5) is 0 Å². The number of benzene rings is 1. The minimum Gasteiger partial charge on any atom is -0.345 e. The van der Waals surface area contributed by atoms with Gasteiger partial charge in [-0.1, -0.05) is 43.7 Å². The van der Waals surface area contributed by atoms with Crippen LogP contribution in [0.1, 0.15) is 38.3 Å². The van der Waals surface area contributed by atoms with Gasteiger partial charge in [-0.15, -0.1) is 0 Å². The Morgan fingerprint density at radius 2 is 1.94 bits per heavy atom. The molecule has 1 rings (SSSR count). The van der Waals surface area contributed by atoms with Crippen molar-refractivity contribution in [3.8, 4) is 0 Å². The summed E-state index contributed by atoms with van der Waals surface area (Å²) in [5, 5.41) is 3.36. The molecule has 1 aromatic rings. The molecular weight excluding hydrogens is 224 g/mol. The predicted molar refractivity (Wildman–Crippen MR) is 75.4 cm³/mol. The lowest BCUT2D eigenvalue weighted by Crippen LogP contribution is -2.36. The fourth-order valence-corrected chi connectivity index (χ4v) is 1.88. The highest BCUT2D eigenvalue weighted by molar-refractivity contribution is 5.77. The Kier molecular flexibility index (Phi) is 6.44. The monoisotopic (exact) mass is 248 g/mol. The second kappa shape index (κ2) is 7.88. The first-order valence-electron chi connectivity index (χ1n) is 6.71. The van der Waals surface area contributed by atoms with E-state index in [1.165, 1.54) is 5.56 Å². The Labute approximate surface area is 110 Å². The molecule has 3 heteroatoms. The lowest BCUT2D eigenvalue weighted by Gasteiger charge is -2.21. The number of likely N-dealkylation sites (N-methyl/N-ethyl adjacent to an activating group) is 1. The standard InChI is InChI=1S/C15H24N2O/c1-4-9-14(13-10-7-6-8-11-13)16-12-15(18)17(3)5-2/h6-8,10-11,14,16H,4-5,9,12H2,1-3H3. The molecule has 0 aliphatic carbocycles.